The molecule has 176 valence electrons. The number of carbonyl (C=O) groups is 1. The molecule has 1 aliphatic heterocycles. The Hall–Kier alpha value is -5.18. The molecule has 1 amide bonds. The Balaban J connectivity index is 1.26. The van der Waals surface area contributed by atoms with Crippen LogP contribution in [0, 0.1) is 0 Å². The second kappa shape index (κ2) is 8.88. The molecule has 1 aliphatic rings. The van der Waals surface area contributed by atoms with E-state index in [1.165, 1.54) is 6.08 Å². The number of amides is 1. The summed E-state index contributed by atoms with van der Waals surface area (Å²) >= 11 is 0. The molecule has 6 rings (SSSR count). The standard InChI is InChI=1S/C27H19N5O4/c1-2-24(33)31-18-4-3-5-19(11-18)36-25-14-30-27-26(32-25)20(13-29-27)17-6-8-21(28-12-17)16-7-9-22-23(10-16)35-15-34-22/h2-14H,1,15H2,(H,29,30)(H,31,33). The number of hydrogen-bond donors (Lipinski definition) is 2. The molecule has 0 aliphatic carbocycles. The van der Waals surface area contributed by atoms with Gasteiger partial charge in [0.15, 0.2) is 17.1 Å². The van der Waals surface area contributed by atoms with Crippen LogP contribution in [0.25, 0.3) is 33.5 Å². The van der Waals surface area contributed by atoms with E-state index in [1.807, 2.05) is 36.5 Å². The molecule has 0 spiro atoms. The SMILES string of the molecule is C=CC(=O)Nc1cccc(Oc2cnc3[nH]cc(-c4ccc(-c5ccc6c(c5)OCO6)nc4)c3n2)c1. The highest BCUT2D eigenvalue weighted by Crippen LogP contribution is 2.36. The minimum Gasteiger partial charge on any atom is -0.454 e. The quantitative estimate of drug-likeness (QED) is 0.318. The largest absolute Gasteiger partial charge is 0.454 e. The van der Waals surface area contributed by atoms with Crippen molar-refractivity contribution in [1.29, 1.82) is 0 Å². The summed E-state index contributed by atoms with van der Waals surface area (Å²) in [4.78, 5) is 28.4. The maximum atomic E-state index is 11.6. The molecule has 2 aromatic carbocycles. The zero-order valence-corrected chi connectivity index (χ0v) is 18.9. The van der Waals surface area contributed by atoms with Crippen LogP contribution in [-0.4, -0.2) is 32.6 Å². The maximum Gasteiger partial charge on any atom is 0.247 e. The van der Waals surface area contributed by atoms with Crippen molar-refractivity contribution < 1.29 is 19.0 Å². The Labute approximate surface area is 205 Å². The third kappa shape index (κ3) is 4.09. The number of aromatic nitrogens is 4. The number of rotatable bonds is 6. The molecule has 0 saturated carbocycles. The predicted molar refractivity (Wildman–Crippen MR) is 134 cm³/mol. The van der Waals surface area contributed by atoms with Crippen molar-refractivity contribution in [3.05, 3.63) is 85.8 Å². The molecule has 36 heavy (non-hydrogen) atoms. The van der Waals surface area contributed by atoms with E-state index in [-0.39, 0.29) is 12.7 Å². The Morgan fingerprint density at radius 1 is 1.03 bits per heavy atom. The zero-order valence-electron chi connectivity index (χ0n) is 18.9. The van der Waals surface area contributed by atoms with Crippen LogP contribution in [0.1, 0.15) is 0 Å². The van der Waals surface area contributed by atoms with Gasteiger partial charge < -0.3 is 24.5 Å². The molecule has 3 aromatic heterocycles. The van der Waals surface area contributed by atoms with E-state index in [9.17, 15) is 4.79 Å². The van der Waals surface area contributed by atoms with Crippen molar-refractivity contribution in [3.8, 4) is 45.5 Å². The van der Waals surface area contributed by atoms with Crippen LogP contribution in [-0.2, 0) is 4.79 Å². The van der Waals surface area contributed by atoms with Crippen LogP contribution >= 0.6 is 0 Å². The first-order chi connectivity index (χ1) is 17.7. The molecule has 9 heteroatoms. The second-order valence-electron chi connectivity index (χ2n) is 7.93. The number of anilines is 1. The summed E-state index contributed by atoms with van der Waals surface area (Å²) in [6, 6.07) is 16.7. The number of carbonyl (C=O) groups excluding carboxylic acids is 1. The van der Waals surface area contributed by atoms with Crippen molar-refractivity contribution >= 4 is 22.8 Å². The van der Waals surface area contributed by atoms with Crippen molar-refractivity contribution in [2.45, 2.75) is 0 Å². The van der Waals surface area contributed by atoms with Gasteiger partial charge in [-0.1, -0.05) is 18.7 Å². The third-order valence-electron chi connectivity index (χ3n) is 5.61. The van der Waals surface area contributed by atoms with Crippen LogP contribution in [0.2, 0.25) is 0 Å². The number of H-pyrrole nitrogens is 1. The number of nitrogens with one attached hydrogen (secondary N) is 2. The van der Waals surface area contributed by atoms with Crippen molar-refractivity contribution in [1.82, 2.24) is 19.9 Å². The molecule has 5 aromatic rings. The smallest absolute Gasteiger partial charge is 0.247 e. The molecule has 0 fully saturated rings. The first-order valence-corrected chi connectivity index (χ1v) is 11.1. The van der Waals surface area contributed by atoms with E-state index in [0.717, 1.165) is 28.1 Å². The second-order valence-corrected chi connectivity index (χ2v) is 7.93. The molecule has 0 atom stereocenters. The van der Waals surface area contributed by atoms with Gasteiger partial charge in [0.25, 0.3) is 0 Å². The summed E-state index contributed by atoms with van der Waals surface area (Å²) in [7, 11) is 0. The minimum absolute atomic E-state index is 0.232. The Morgan fingerprint density at radius 3 is 2.78 bits per heavy atom. The predicted octanol–water partition coefficient (Wildman–Crippen LogP) is 5.33. The Bertz CT molecular complexity index is 1610. The number of hydrogen-bond acceptors (Lipinski definition) is 7. The molecule has 0 saturated heterocycles. The van der Waals surface area contributed by atoms with E-state index in [2.05, 4.69) is 31.8 Å². The van der Waals surface area contributed by atoms with E-state index in [0.29, 0.717) is 34.2 Å². The first-order valence-electron chi connectivity index (χ1n) is 11.1. The highest BCUT2D eigenvalue weighted by atomic mass is 16.7. The van der Waals surface area contributed by atoms with Gasteiger partial charge in [-0.3, -0.25) is 9.78 Å². The lowest BCUT2D eigenvalue weighted by Crippen LogP contribution is -2.07. The Kier molecular flexibility index (Phi) is 5.27. The normalized spacial score (nSPS) is 11.9. The summed E-state index contributed by atoms with van der Waals surface area (Å²) in [5.41, 5.74) is 5.35. The average molecular weight is 477 g/mol. The monoisotopic (exact) mass is 477 g/mol. The van der Waals surface area contributed by atoms with Gasteiger partial charge in [0, 0.05) is 40.8 Å². The fraction of sp³-hybridized carbons (Fsp3) is 0.0370. The van der Waals surface area contributed by atoms with Crippen LogP contribution < -0.4 is 19.5 Å². The zero-order chi connectivity index (χ0) is 24.5. The van der Waals surface area contributed by atoms with Gasteiger partial charge in [-0.25, -0.2) is 9.97 Å². The summed E-state index contributed by atoms with van der Waals surface area (Å²) in [6.45, 7) is 3.69. The molecular weight excluding hydrogens is 458 g/mol. The summed E-state index contributed by atoms with van der Waals surface area (Å²) < 4.78 is 16.8. The van der Waals surface area contributed by atoms with Gasteiger partial charge >= 0.3 is 0 Å². The lowest BCUT2D eigenvalue weighted by molar-refractivity contribution is -0.111. The number of ether oxygens (including phenoxy) is 3. The van der Waals surface area contributed by atoms with Gasteiger partial charge in [-0.2, -0.15) is 0 Å². The molecule has 4 heterocycles. The van der Waals surface area contributed by atoms with Crippen LogP contribution in [0.15, 0.2) is 85.8 Å². The van der Waals surface area contributed by atoms with Gasteiger partial charge in [-0.15, -0.1) is 0 Å². The van der Waals surface area contributed by atoms with Gasteiger partial charge in [0.05, 0.1) is 11.9 Å². The van der Waals surface area contributed by atoms with Crippen LogP contribution in [0.4, 0.5) is 5.69 Å². The maximum absolute atomic E-state index is 11.6. The van der Waals surface area contributed by atoms with E-state index < -0.39 is 0 Å². The number of fused-ring (bicyclic) bond motifs is 2. The fourth-order valence-electron chi connectivity index (χ4n) is 3.88. The van der Waals surface area contributed by atoms with Crippen molar-refractivity contribution in [2.75, 3.05) is 12.1 Å². The molecule has 2 N–H and O–H groups in total. The van der Waals surface area contributed by atoms with Crippen molar-refractivity contribution in [3.63, 3.8) is 0 Å². The molecule has 9 nitrogen and oxygen atoms in total. The van der Waals surface area contributed by atoms with Crippen LogP contribution in [0.5, 0.6) is 23.1 Å². The van der Waals surface area contributed by atoms with Gasteiger partial charge in [-0.05, 0) is 42.5 Å². The van der Waals surface area contributed by atoms with E-state index >= 15 is 0 Å². The number of aromatic amines is 1. The fourth-order valence-corrected chi connectivity index (χ4v) is 3.88. The number of nitrogens with zero attached hydrogens (tertiary/aromatic N) is 3. The number of benzene rings is 2. The Morgan fingerprint density at radius 2 is 1.92 bits per heavy atom. The summed E-state index contributed by atoms with van der Waals surface area (Å²) in [6.07, 6.45) is 6.39. The van der Waals surface area contributed by atoms with Gasteiger partial charge in [0.2, 0.25) is 18.6 Å². The lowest BCUT2D eigenvalue weighted by Gasteiger charge is -2.08. The molecular formula is C27H19N5O4. The summed E-state index contributed by atoms with van der Waals surface area (Å²) in [5.74, 6) is 1.98. The topological polar surface area (TPSA) is 111 Å². The third-order valence-corrected chi connectivity index (χ3v) is 5.61. The van der Waals surface area contributed by atoms with Gasteiger partial charge in [0.1, 0.15) is 11.3 Å². The molecule has 0 radical (unpaired) electrons. The van der Waals surface area contributed by atoms with Crippen LogP contribution in [0.3, 0.4) is 0 Å². The summed E-state index contributed by atoms with van der Waals surface area (Å²) in [5, 5.41) is 2.70. The highest BCUT2D eigenvalue weighted by Gasteiger charge is 2.15. The first kappa shape index (κ1) is 21.4. The molecule has 0 unspecified atom stereocenters. The van der Waals surface area contributed by atoms with E-state index in [1.54, 1.807) is 36.7 Å². The average Bonchev–Trinajstić information content (AvgIpc) is 3.55. The lowest BCUT2D eigenvalue weighted by atomic mass is 10.1. The highest BCUT2D eigenvalue weighted by molar-refractivity contribution is 5.99. The van der Waals surface area contributed by atoms with Crippen molar-refractivity contribution in [2.24, 2.45) is 0 Å². The minimum atomic E-state index is -0.302. The van der Waals surface area contributed by atoms with E-state index in [4.69, 9.17) is 14.2 Å². The molecule has 0 bridgehead atoms. The number of pyridine rings is 1.